The van der Waals surface area contributed by atoms with Crippen molar-refractivity contribution in [3.63, 3.8) is 0 Å². The molecule has 1 saturated heterocycles. The molecule has 7 heteroatoms. The lowest BCUT2D eigenvalue weighted by Gasteiger charge is -2.37. The summed E-state index contributed by atoms with van der Waals surface area (Å²) in [6.07, 6.45) is 0. The quantitative estimate of drug-likeness (QED) is 0.679. The monoisotopic (exact) mass is 485 g/mol. The predicted molar refractivity (Wildman–Crippen MR) is 111 cm³/mol. The minimum Gasteiger partial charge on any atom is -0.324 e. The molecular formula is C18H21Br2N3OS. The topological polar surface area (TPSA) is 35.6 Å². The Morgan fingerprint density at radius 2 is 2.00 bits per heavy atom. The number of thiophene rings is 1. The van der Waals surface area contributed by atoms with E-state index < -0.39 is 0 Å². The number of amides is 1. The maximum atomic E-state index is 12.6. The van der Waals surface area contributed by atoms with Crippen LogP contribution in [0, 0.1) is 0 Å². The largest absolute Gasteiger partial charge is 0.324 e. The highest BCUT2D eigenvalue weighted by Gasteiger charge is 2.26. The van der Waals surface area contributed by atoms with Crippen molar-refractivity contribution in [2.45, 2.75) is 19.5 Å². The second kappa shape index (κ2) is 8.77. The summed E-state index contributed by atoms with van der Waals surface area (Å²) in [6.45, 7) is 6.81. The summed E-state index contributed by atoms with van der Waals surface area (Å²) in [5, 5.41) is 7.35. The van der Waals surface area contributed by atoms with Crippen LogP contribution in [0.15, 0.2) is 44.0 Å². The molecule has 1 atom stereocenters. The van der Waals surface area contributed by atoms with Crippen molar-refractivity contribution in [3.05, 3.63) is 49.5 Å². The molecule has 0 spiro atoms. The number of carbonyl (C=O) groups is 1. The van der Waals surface area contributed by atoms with Gasteiger partial charge in [0, 0.05) is 41.7 Å². The Morgan fingerprint density at radius 1 is 1.24 bits per heavy atom. The Kier molecular flexibility index (Phi) is 6.68. The van der Waals surface area contributed by atoms with Crippen LogP contribution in [-0.4, -0.2) is 47.9 Å². The molecule has 1 aromatic heterocycles. The fourth-order valence-electron chi connectivity index (χ4n) is 2.94. The van der Waals surface area contributed by atoms with E-state index in [1.165, 1.54) is 5.56 Å². The smallest absolute Gasteiger partial charge is 0.241 e. The second-order valence-corrected chi connectivity index (χ2v) is 8.78. The predicted octanol–water partition coefficient (Wildman–Crippen LogP) is 4.42. The lowest BCUT2D eigenvalue weighted by molar-refractivity contribution is -0.121. The third-order valence-corrected chi connectivity index (χ3v) is 6.39. The maximum absolute atomic E-state index is 12.6. The Bertz CT molecular complexity index is 715. The molecule has 1 amide bonds. The van der Waals surface area contributed by atoms with Crippen LogP contribution in [0.2, 0.25) is 0 Å². The molecule has 25 heavy (non-hydrogen) atoms. The van der Waals surface area contributed by atoms with Crippen LogP contribution < -0.4 is 5.32 Å². The fourth-order valence-corrected chi connectivity index (χ4v) is 4.75. The number of benzene rings is 1. The van der Waals surface area contributed by atoms with Crippen molar-refractivity contribution in [2.75, 3.05) is 31.5 Å². The van der Waals surface area contributed by atoms with E-state index in [9.17, 15) is 4.79 Å². The normalized spacial score (nSPS) is 17.4. The van der Waals surface area contributed by atoms with E-state index in [-0.39, 0.29) is 11.9 Å². The van der Waals surface area contributed by atoms with Crippen LogP contribution >= 0.6 is 43.2 Å². The first-order valence-electron chi connectivity index (χ1n) is 8.26. The molecule has 1 aromatic carbocycles. The van der Waals surface area contributed by atoms with Crippen LogP contribution in [-0.2, 0) is 11.3 Å². The summed E-state index contributed by atoms with van der Waals surface area (Å²) in [5.41, 5.74) is 2.18. The van der Waals surface area contributed by atoms with Gasteiger partial charge in [0.05, 0.1) is 11.7 Å². The van der Waals surface area contributed by atoms with Gasteiger partial charge in [0.25, 0.3) is 0 Å². The summed E-state index contributed by atoms with van der Waals surface area (Å²) in [6, 6.07) is 7.80. The molecule has 1 N–H and O–H groups in total. The molecule has 2 heterocycles. The number of nitrogens with one attached hydrogen (secondary N) is 1. The highest BCUT2D eigenvalue weighted by Crippen LogP contribution is 2.26. The molecule has 1 aliphatic heterocycles. The van der Waals surface area contributed by atoms with Gasteiger partial charge < -0.3 is 5.32 Å². The third kappa shape index (κ3) is 5.14. The van der Waals surface area contributed by atoms with Crippen LogP contribution in [0.25, 0.3) is 0 Å². The van der Waals surface area contributed by atoms with Crippen LogP contribution in [0.1, 0.15) is 12.5 Å². The van der Waals surface area contributed by atoms with Gasteiger partial charge in [0.2, 0.25) is 5.91 Å². The van der Waals surface area contributed by atoms with Crippen LogP contribution in [0.3, 0.4) is 0 Å². The first kappa shape index (κ1) is 19.0. The van der Waals surface area contributed by atoms with E-state index in [1.54, 1.807) is 11.3 Å². The van der Waals surface area contributed by atoms with Gasteiger partial charge in [0.1, 0.15) is 0 Å². The fraction of sp³-hybridized carbons (Fsp3) is 0.389. The zero-order chi connectivity index (χ0) is 17.8. The standard InChI is InChI=1S/C18H21Br2N3OS/c1-13(18(24)21-17-3-2-15(19)10-16(17)20)23-7-5-22(6-8-23)11-14-4-9-25-12-14/h2-4,9-10,12-13H,5-8,11H2,1H3,(H,21,24)/t13-/m1/s1. The van der Waals surface area contributed by atoms with E-state index in [0.717, 1.165) is 47.4 Å². The molecule has 0 unspecified atom stereocenters. The number of hydrogen-bond donors (Lipinski definition) is 1. The molecule has 134 valence electrons. The van der Waals surface area contributed by atoms with Crippen molar-refractivity contribution in [3.8, 4) is 0 Å². The Labute approximate surface area is 169 Å². The summed E-state index contributed by atoms with van der Waals surface area (Å²) in [4.78, 5) is 17.3. The van der Waals surface area contributed by atoms with Crippen LogP contribution in [0.5, 0.6) is 0 Å². The van der Waals surface area contributed by atoms with Gasteiger partial charge in [0.15, 0.2) is 0 Å². The minimum atomic E-state index is -0.140. The number of halogens is 2. The van der Waals surface area contributed by atoms with E-state index in [0.29, 0.717) is 0 Å². The first-order chi connectivity index (χ1) is 12.0. The third-order valence-electron chi connectivity index (χ3n) is 4.51. The highest BCUT2D eigenvalue weighted by atomic mass is 79.9. The number of carbonyl (C=O) groups excluding carboxylic acids is 1. The van der Waals surface area contributed by atoms with Gasteiger partial charge in [-0.25, -0.2) is 0 Å². The molecule has 1 fully saturated rings. The number of piperazine rings is 1. The zero-order valence-corrected chi connectivity index (χ0v) is 18.0. The number of hydrogen-bond acceptors (Lipinski definition) is 4. The summed E-state index contributed by atoms with van der Waals surface area (Å²) in [5.74, 6) is 0.0364. The molecule has 4 nitrogen and oxygen atoms in total. The summed E-state index contributed by atoms with van der Waals surface area (Å²) >= 11 is 8.66. The van der Waals surface area contributed by atoms with Crippen molar-refractivity contribution in [1.82, 2.24) is 9.80 Å². The zero-order valence-electron chi connectivity index (χ0n) is 14.0. The van der Waals surface area contributed by atoms with Crippen molar-refractivity contribution < 1.29 is 4.79 Å². The number of rotatable bonds is 5. The van der Waals surface area contributed by atoms with Gasteiger partial charge in [-0.05, 0) is 63.4 Å². The second-order valence-electron chi connectivity index (χ2n) is 6.23. The van der Waals surface area contributed by atoms with Gasteiger partial charge >= 0.3 is 0 Å². The maximum Gasteiger partial charge on any atom is 0.241 e. The summed E-state index contributed by atoms with van der Waals surface area (Å²) < 4.78 is 1.86. The average molecular weight is 487 g/mol. The summed E-state index contributed by atoms with van der Waals surface area (Å²) in [7, 11) is 0. The molecule has 2 aromatic rings. The molecule has 0 radical (unpaired) electrons. The molecule has 0 aliphatic carbocycles. The highest BCUT2D eigenvalue weighted by molar-refractivity contribution is 9.11. The molecule has 0 saturated carbocycles. The molecular weight excluding hydrogens is 466 g/mol. The number of anilines is 1. The molecule has 1 aliphatic rings. The molecule has 0 bridgehead atoms. The van der Waals surface area contributed by atoms with Crippen molar-refractivity contribution in [2.24, 2.45) is 0 Å². The Hall–Kier alpha value is -0.730. The van der Waals surface area contributed by atoms with E-state index in [4.69, 9.17) is 0 Å². The SMILES string of the molecule is C[C@H](C(=O)Nc1ccc(Br)cc1Br)N1CCN(Cc2ccsc2)CC1. The Balaban J connectivity index is 1.51. The van der Waals surface area contributed by atoms with Gasteiger partial charge in [-0.3, -0.25) is 14.6 Å². The molecule has 3 rings (SSSR count). The average Bonchev–Trinajstić information content (AvgIpc) is 3.10. The Morgan fingerprint density at radius 3 is 2.64 bits per heavy atom. The van der Waals surface area contributed by atoms with Crippen LogP contribution in [0.4, 0.5) is 5.69 Å². The van der Waals surface area contributed by atoms with Gasteiger partial charge in [-0.1, -0.05) is 15.9 Å². The van der Waals surface area contributed by atoms with E-state index in [2.05, 4.69) is 63.8 Å². The first-order valence-corrected chi connectivity index (χ1v) is 10.8. The van der Waals surface area contributed by atoms with Gasteiger partial charge in [-0.2, -0.15) is 11.3 Å². The van der Waals surface area contributed by atoms with Crippen molar-refractivity contribution >= 4 is 54.8 Å². The van der Waals surface area contributed by atoms with E-state index >= 15 is 0 Å². The number of nitrogens with zero attached hydrogens (tertiary/aromatic N) is 2. The van der Waals surface area contributed by atoms with Gasteiger partial charge in [-0.15, -0.1) is 0 Å². The minimum absolute atomic E-state index is 0.0364. The lowest BCUT2D eigenvalue weighted by Crippen LogP contribution is -2.52. The van der Waals surface area contributed by atoms with E-state index in [1.807, 2.05) is 25.1 Å². The lowest BCUT2D eigenvalue weighted by atomic mass is 10.2. The van der Waals surface area contributed by atoms with Crippen molar-refractivity contribution in [1.29, 1.82) is 0 Å².